The molecule has 0 radical (unpaired) electrons. The van der Waals surface area contributed by atoms with E-state index in [4.69, 9.17) is 13.9 Å². The van der Waals surface area contributed by atoms with Gasteiger partial charge in [-0.2, -0.15) is 5.10 Å². The second-order valence-corrected chi connectivity index (χ2v) is 6.26. The molecular weight excluding hydrogens is 390 g/mol. The largest absolute Gasteiger partial charge is 0.497 e. The van der Waals surface area contributed by atoms with Crippen LogP contribution in [0.5, 0.6) is 11.5 Å². The minimum atomic E-state index is -0.447. The number of nitro benzene ring substituents is 1. The van der Waals surface area contributed by atoms with Crippen molar-refractivity contribution in [2.75, 3.05) is 14.2 Å². The minimum Gasteiger partial charge on any atom is -0.497 e. The van der Waals surface area contributed by atoms with Crippen molar-refractivity contribution in [2.45, 2.75) is 6.92 Å². The number of carbonyl (C=O) groups excluding carboxylic acids is 1. The van der Waals surface area contributed by atoms with E-state index in [9.17, 15) is 14.9 Å². The van der Waals surface area contributed by atoms with Crippen molar-refractivity contribution in [3.05, 3.63) is 75.5 Å². The van der Waals surface area contributed by atoms with Crippen LogP contribution in [0.25, 0.3) is 11.3 Å². The van der Waals surface area contributed by atoms with Gasteiger partial charge in [0.25, 0.3) is 11.6 Å². The average molecular weight is 409 g/mol. The van der Waals surface area contributed by atoms with Gasteiger partial charge in [0.15, 0.2) is 0 Å². The number of amides is 1. The number of hydrogen-bond donors (Lipinski definition) is 1. The lowest BCUT2D eigenvalue weighted by Crippen LogP contribution is -2.17. The maximum Gasteiger partial charge on any atom is 0.271 e. The molecule has 0 spiro atoms. The molecule has 0 saturated heterocycles. The molecular formula is C21H19N3O6. The van der Waals surface area contributed by atoms with Gasteiger partial charge in [-0.25, -0.2) is 5.43 Å². The molecule has 0 aliphatic carbocycles. The molecule has 0 aliphatic heterocycles. The van der Waals surface area contributed by atoms with Crippen LogP contribution in [-0.4, -0.2) is 31.3 Å². The lowest BCUT2D eigenvalue weighted by Gasteiger charge is -2.07. The van der Waals surface area contributed by atoms with E-state index in [1.54, 1.807) is 43.3 Å². The van der Waals surface area contributed by atoms with Crippen LogP contribution in [0.15, 0.2) is 58.0 Å². The first-order valence-corrected chi connectivity index (χ1v) is 8.83. The molecule has 1 aromatic heterocycles. The third-order valence-electron chi connectivity index (χ3n) is 4.28. The maximum atomic E-state index is 12.3. The summed E-state index contributed by atoms with van der Waals surface area (Å²) in [4.78, 5) is 22.7. The first-order valence-electron chi connectivity index (χ1n) is 8.83. The van der Waals surface area contributed by atoms with Gasteiger partial charge in [-0.1, -0.05) is 0 Å². The van der Waals surface area contributed by atoms with Gasteiger partial charge in [0.05, 0.1) is 25.4 Å². The number of nitro groups is 1. The summed E-state index contributed by atoms with van der Waals surface area (Å²) < 4.78 is 16.0. The Balaban J connectivity index is 1.71. The third kappa shape index (κ3) is 4.64. The monoisotopic (exact) mass is 409 g/mol. The number of non-ortho nitro benzene ring substituents is 1. The molecule has 2 aromatic carbocycles. The number of rotatable bonds is 7. The number of furan rings is 1. The molecule has 0 atom stereocenters. The van der Waals surface area contributed by atoms with E-state index >= 15 is 0 Å². The molecule has 1 N–H and O–H groups in total. The fourth-order valence-corrected chi connectivity index (χ4v) is 2.76. The Hall–Kier alpha value is -4.14. The lowest BCUT2D eigenvalue weighted by atomic mass is 10.1. The SMILES string of the molecule is COc1cc(OC)cc(C(=O)N/N=C/c2ccc(-c3ccc([N+](=O)[O-])cc3C)o2)c1. The van der Waals surface area contributed by atoms with E-state index in [-0.39, 0.29) is 5.69 Å². The third-order valence-corrected chi connectivity index (χ3v) is 4.28. The van der Waals surface area contributed by atoms with E-state index in [1.165, 1.54) is 32.6 Å². The highest BCUT2D eigenvalue weighted by atomic mass is 16.6. The molecule has 0 aliphatic rings. The summed E-state index contributed by atoms with van der Waals surface area (Å²) in [6, 6.07) is 12.7. The molecule has 3 rings (SSSR count). The van der Waals surface area contributed by atoms with Crippen LogP contribution in [0.1, 0.15) is 21.7 Å². The lowest BCUT2D eigenvalue weighted by molar-refractivity contribution is -0.384. The quantitative estimate of drug-likeness (QED) is 0.359. The van der Waals surface area contributed by atoms with Crippen molar-refractivity contribution < 1.29 is 23.6 Å². The van der Waals surface area contributed by atoms with Crippen LogP contribution in [0.2, 0.25) is 0 Å². The first kappa shape index (κ1) is 20.6. The van der Waals surface area contributed by atoms with Gasteiger partial charge in [0, 0.05) is 29.3 Å². The summed E-state index contributed by atoms with van der Waals surface area (Å²) in [7, 11) is 2.99. The van der Waals surface area contributed by atoms with Crippen LogP contribution in [-0.2, 0) is 0 Å². The summed E-state index contributed by atoms with van der Waals surface area (Å²) in [6.45, 7) is 1.77. The van der Waals surface area contributed by atoms with E-state index in [2.05, 4.69) is 10.5 Å². The van der Waals surface area contributed by atoms with Crippen molar-refractivity contribution in [1.29, 1.82) is 0 Å². The number of ether oxygens (including phenoxy) is 2. The number of hydrazone groups is 1. The summed E-state index contributed by atoms with van der Waals surface area (Å²) in [5.41, 5.74) is 4.19. The molecule has 0 bridgehead atoms. The Morgan fingerprint density at radius 1 is 1.10 bits per heavy atom. The predicted molar refractivity (Wildman–Crippen MR) is 110 cm³/mol. The zero-order chi connectivity index (χ0) is 21.7. The average Bonchev–Trinajstić information content (AvgIpc) is 3.21. The number of hydrogen-bond acceptors (Lipinski definition) is 7. The van der Waals surface area contributed by atoms with Gasteiger partial charge in [-0.3, -0.25) is 14.9 Å². The highest BCUT2D eigenvalue weighted by Gasteiger charge is 2.12. The Morgan fingerprint density at radius 2 is 1.80 bits per heavy atom. The Kier molecular flexibility index (Phi) is 6.11. The van der Waals surface area contributed by atoms with Crippen LogP contribution in [0.3, 0.4) is 0 Å². The molecule has 1 amide bonds. The zero-order valence-electron chi connectivity index (χ0n) is 16.5. The van der Waals surface area contributed by atoms with Crippen molar-refractivity contribution >= 4 is 17.8 Å². The molecule has 30 heavy (non-hydrogen) atoms. The zero-order valence-corrected chi connectivity index (χ0v) is 16.5. The van der Waals surface area contributed by atoms with Gasteiger partial charge in [-0.05, 0) is 42.8 Å². The van der Waals surface area contributed by atoms with E-state index < -0.39 is 10.8 Å². The number of aryl methyl sites for hydroxylation is 1. The fraction of sp³-hybridized carbons (Fsp3) is 0.143. The van der Waals surface area contributed by atoms with Crippen molar-refractivity contribution in [3.8, 4) is 22.8 Å². The van der Waals surface area contributed by atoms with Crippen LogP contribution in [0, 0.1) is 17.0 Å². The maximum absolute atomic E-state index is 12.3. The first-order chi connectivity index (χ1) is 14.4. The Labute approximate surface area is 172 Å². The van der Waals surface area contributed by atoms with Crippen molar-refractivity contribution in [2.24, 2.45) is 5.10 Å². The molecule has 0 saturated carbocycles. The molecule has 3 aromatic rings. The molecule has 9 heteroatoms. The fourth-order valence-electron chi connectivity index (χ4n) is 2.76. The summed E-state index contributed by atoms with van der Waals surface area (Å²) >= 11 is 0. The van der Waals surface area contributed by atoms with Crippen LogP contribution in [0.4, 0.5) is 5.69 Å². The molecule has 154 valence electrons. The summed E-state index contributed by atoms with van der Waals surface area (Å²) in [6.07, 6.45) is 1.36. The minimum absolute atomic E-state index is 0.0153. The van der Waals surface area contributed by atoms with Crippen LogP contribution < -0.4 is 14.9 Å². The van der Waals surface area contributed by atoms with Gasteiger partial charge >= 0.3 is 0 Å². The standard InChI is InChI=1S/C21H19N3O6/c1-13-8-15(24(26)27)4-6-19(13)20-7-5-16(30-20)12-22-23-21(25)14-9-17(28-2)11-18(10-14)29-3/h4-12H,1-3H3,(H,23,25)/b22-12+. The molecule has 9 nitrogen and oxygen atoms in total. The van der Waals surface area contributed by atoms with E-state index in [1.807, 2.05) is 0 Å². The Bertz CT molecular complexity index is 1100. The number of methoxy groups -OCH3 is 2. The topological polar surface area (TPSA) is 116 Å². The Morgan fingerprint density at radius 3 is 2.40 bits per heavy atom. The normalized spacial score (nSPS) is 10.8. The van der Waals surface area contributed by atoms with Crippen LogP contribution >= 0.6 is 0 Å². The number of nitrogens with zero attached hydrogens (tertiary/aromatic N) is 2. The number of nitrogens with one attached hydrogen (secondary N) is 1. The van der Waals surface area contributed by atoms with Gasteiger partial charge in [0.1, 0.15) is 23.0 Å². The molecule has 1 heterocycles. The second-order valence-electron chi connectivity index (χ2n) is 6.26. The van der Waals surface area contributed by atoms with Gasteiger partial charge in [0.2, 0.25) is 0 Å². The van der Waals surface area contributed by atoms with Gasteiger partial charge in [-0.15, -0.1) is 0 Å². The second kappa shape index (κ2) is 8.91. The summed E-state index contributed by atoms with van der Waals surface area (Å²) in [5, 5.41) is 14.8. The van der Waals surface area contributed by atoms with E-state index in [0.717, 1.165) is 5.56 Å². The van der Waals surface area contributed by atoms with Crippen molar-refractivity contribution in [1.82, 2.24) is 5.43 Å². The molecule has 0 unspecified atom stereocenters. The highest BCUT2D eigenvalue weighted by Crippen LogP contribution is 2.28. The molecule has 0 fully saturated rings. The number of benzene rings is 2. The van der Waals surface area contributed by atoms with Gasteiger partial charge < -0.3 is 13.9 Å². The van der Waals surface area contributed by atoms with Crippen molar-refractivity contribution in [3.63, 3.8) is 0 Å². The smallest absolute Gasteiger partial charge is 0.271 e. The van der Waals surface area contributed by atoms with E-state index in [0.29, 0.717) is 34.1 Å². The predicted octanol–water partition coefficient (Wildman–Crippen LogP) is 3.94. The highest BCUT2D eigenvalue weighted by molar-refractivity contribution is 5.95. The number of carbonyl (C=O) groups is 1. The summed E-state index contributed by atoms with van der Waals surface area (Å²) in [5.74, 6) is 1.47.